The van der Waals surface area contributed by atoms with Crippen LogP contribution in [-0.4, -0.2) is 38.6 Å². The topological polar surface area (TPSA) is 50.1 Å². The van der Waals surface area contributed by atoms with Gasteiger partial charge in [-0.2, -0.15) is 0 Å². The highest BCUT2D eigenvalue weighted by Crippen LogP contribution is 2.37. The monoisotopic (exact) mass is 505 g/mol. The maximum Gasteiger partial charge on any atom is 0.119 e. The molecule has 5 nitrogen and oxygen atoms in total. The number of epoxide rings is 3. The molecule has 3 fully saturated rings. The van der Waals surface area contributed by atoms with E-state index in [1.165, 1.54) is 22.3 Å². The molecule has 3 atom stereocenters. The summed E-state index contributed by atoms with van der Waals surface area (Å²) in [4.78, 5) is 2.29. The zero-order valence-corrected chi connectivity index (χ0v) is 21.3. The smallest absolute Gasteiger partial charge is 0.119 e. The first-order chi connectivity index (χ1) is 18.8. The number of hydrogen-bond donors (Lipinski definition) is 0. The summed E-state index contributed by atoms with van der Waals surface area (Å²) in [5.41, 5.74) is 8.31. The van der Waals surface area contributed by atoms with Gasteiger partial charge in [0.2, 0.25) is 0 Å². The third-order valence-electron chi connectivity index (χ3n) is 7.36. The van der Waals surface area contributed by atoms with Crippen LogP contribution < -0.4 is 9.64 Å². The molecule has 3 saturated heterocycles. The van der Waals surface area contributed by atoms with Gasteiger partial charge in [-0.25, -0.2) is 0 Å². The number of ether oxygens (including phenoxy) is 4. The molecule has 7 rings (SSSR count). The van der Waals surface area contributed by atoms with E-state index in [4.69, 9.17) is 18.9 Å². The van der Waals surface area contributed by atoms with E-state index in [0.717, 1.165) is 55.5 Å². The highest BCUT2D eigenvalue weighted by Gasteiger charge is 2.25. The van der Waals surface area contributed by atoms with Crippen molar-refractivity contribution in [3.05, 3.63) is 108 Å². The van der Waals surface area contributed by atoms with Gasteiger partial charge in [0.05, 0.1) is 25.9 Å². The van der Waals surface area contributed by atoms with Crippen molar-refractivity contribution in [2.75, 3.05) is 31.3 Å². The van der Waals surface area contributed by atoms with Gasteiger partial charge in [-0.05, 0) is 83.6 Å². The zero-order chi connectivity index (χ0) is 25.3. The molecule has 0 aromatic heterocycles. The molecule has 192 valence electrons. The fourth-order valence-electron chi connectivity index (χ4n) is 4.80. The Kier molecular flexibility index (Phi) is 6.34. The molecule has 3 aliphatic heterocycles. The normalized spacial score (nSPS) is 21.1. The summed E-state index contributed by atoms with van der Waals surface area (Å²) in [5, 5.41) is 0. The number of aryl methyl sites for hydroxylation is 1. The van der Waals surface area contributed by atoms with E-state index in [1.807, 2.05) is 12.1 Å². The van der Waals surface area contributed by atoms with Crippen molar-refractivity contribution in [1.82, 2.24) is 0 Å². The van der Waals surface area contributed by atoms with E-state index in [0.29, 0.717) is 12.7 Å². The Morgan fingerprint density at radius 3 is 1.68 bits per heavy atom. The second-order valence-electron chi connectivity index (χ2n) is 10.2. The van der Waals surface area contributed by atoms with Crippen molar-refractivity contribution in [1.29, 1.82) is 0 Å². The molecule has 3 heterocycles. The molecule has 0 radical (unpaired) electrons. The van der Waals surface area contributed by atoms with E-state index >= 15 is 0 Å². The molecule has 3 unspecified atom stereocenters. The predicted molar refractivity (Wildman–Crippen MR) is 149 cm³/mol. The molecule has 0 N–H and O–H groups in total. The second-order valence-corrected chi connectivity index (χ2v) is 10.2. The molecule has 0 aliphatic carbocycles. The average molecular weight is 506 g/mol. The van der Waals surface area contributed by atoms with Gasteiger partial charge in [0.25, 0.3) is 0 Å². The lowest BCUT2D eigenvalue weighted by Gasteiger charge is -2.26. The number of anilines is 3. The van der Waals surface area contributed by atoms with Crippen molar-refractivity contribution in [3.8, 4) is 16.9 Å². The highest BCUT2D eigenvalue weighted by atomic mass is 16.6. The highest BCUT2D eigenvalue weighted by molar-refractivity contribution is 5.78. The van der Waals surface area contributed by atoms with E-state index < -0.39 is 0 Å². The fourth-order valence-corrected chi connectivity index (χ4v) is 4.80. The lowest BCUT2D eigenvalue weighted by molar-refractivity contribution is 0.263. The largest absolute Gasteiger partial charge is 0.491 e. The lowest BCUT2D eigenvalue weighted by atomic mass is 10.0. The minimum atomic E-state index is 0.243. The minimum absolute atomic E-state index is 0.243. The average Bonchev–Trinajstić information content (AvgIpc) is 3.83. The SMILES string of the molecule is c1cc(N(c2ccc(OCC3CO3)cc2)c2ccc(-c3ccc(C4CO4)cc3)cc2)ccc1CCC1CO1. The second kappa shape index (κ2) is 10.3. The van der Waals surface area contributed by atoms with E-state index in [9.17, 15) is 0 Å². The maximum absolute atomic E-state index is 5.87. The van der Waals surface area contributed by atoms with Crippen LogP contribution in [0.4, 0.5) is 17.1 Å². The molecule has 0 saturated carbocycles. The Labute approximate surface area is 223 Å². The fraction of sp³-hybridized carbons (Fsp3) is 0.273. The third kappa shape index (κ3) is 5.60. The summed E-state index contributed by atoms with van der Waals surface area (Å²) in [7, 11) is 0. The molecule has 38 heavy (non-hydrogen) atoms. The first kappa shape index (κ1) is 23.5. The summed E-state index contributed by atoms with van der Waals surface area (Å²) in [6.45, 7) is 3.15. The molecular formula is C33H31NO4. The molecule has 0 spiro atoms. The van der Waals surface area contributed by atoms with Gasteiger partial charge < -0.3 is 23.8 Å². The first-order valence-electron chi connectivity index (χ1n) is 13.5. The van der Waals surface area contributed by atoms with Crippen molar-refractivity contribution >= 4 is 17.1 Å². The standard InChI is InChI=1S/C33H31NO4/c1-10-27(11-2-23(1)3-16-31-19-36-31)34(29-14-17-30(18-15-29)35-20-32-21-37-32)28-12-8-25(9-13-28)24-4-6-26(7-5-24)33-22-38-33/h1-2,4-15,17-18,31-33H,3,16,19-22H2. The maximum atomic E-state index is 5.87. The summed E-state index contributed by atoms with van der Waals surface area (Å²) >= 11 is 0. The van der Waals surface area contributed by atoms with Crippen LogP contribution in [0.1, 0.15) is 23.7 Å². The van der Waals surface area contributed by atoms with E-state index in [-0.39, 0.29) is 12.2 Å². The van der Waals surface area contributed by atoms with Gasteiger partial charge in [-0.3, -0.25) is 0 Å². The molecule has 3 aliphatic rings. The van der Waals surface area contributed by atoms with Gasteiger partial charge in [0.15, 0.2) is 0 Å². The Morgan fingerprint density at radius 2 is 1.13 bits per heavy atom. The van der Waals surface area contributed by atoms with Crippen molar-refractivity contribution in [2.24, 2.45) is 0 Å². The molecule has 0 bridgehead atoms. The van der Waals surface area contributed by atoms with E-state index in [1.54, 1.807) is 0 Å². The number of nitrogens with zero attached hydrogens (tertiary/aromatic N) is 1. The number of benzene rings is 4. The van der Waals surface area contributed by atoms with Crippen LogP contribution in [0.25, 0.3) is 11.1 Å². The van der Waals surface area contributed by atoms with Crippen molar-refractivity contribution < 1.29 is 18.9 Å². The Bertz CT molecular complexity index is 1300. The van der Waals surface area contributed by atoms with Gasteiger partial charge in [0.1, 0.15) is 24.6 Å². The van der Waals surface area contributed by atoms with Gasteiger partial charge in [0, 0.05) is 17.1 Å². The molecule has 4 aromatic rings. The quantitative estimate of drug-likeness (QED) is 0.205. The summed E-state index contributed by atoms with van der Waals surface area (Å²) in [6.07, 6.45) is 3.12. The van der Waals surface area contributed by atoms with Crippen LogP contribution in [0, 0.1) is 0 Å². The number of hydrogen-bond acceptors (Lipinski definition) is 5. The van der Waals surface area contributed by atoms with Gasteiger partial charge >= 0.3 is 0 Å². The number of rotatable bonds is 11. The molecule has 5 heteroatoms. The van der Waals surface area contributed by atoms with Crippen LogP contribution >= 0.6 is 0 Å². The predicted octanol–water partition coefficient (Wildman–Crippen LogP) is 7.00. The van der Waals surface area contributed by atoms with Gasteiger partial charge in [-0.1, -0.05) is 48.5 Å². The van der Waals surface area contributed by atoms with Crippen LogP contribution in [0.2, 0.25) is 0 Å². The summed E-state index contributed by atoms with van der Waals surface area (Å²) < 4.78 is 21.9. The van der Waals surface area contributed by atoms with Gasteiger partial charge in [-0.15, -0.1) is 0 Å². The van der Waals surface area contributed by atoms with Crippen LogP contribution in [0.15, 0.2) is 97.1 Å². The molecule has 4 aromatic carbocycles. The first-order valence-corrected chi connectivity index (χ1v) is 13.5. The Morgan fingerprint density at radius 1 is 0.605 bits per heavy atom. The Balaban J connectivity index is 1.15. The molecular weight excluding hydrogens is 474 g/mol. The van der Waals surface area contributed by atoms with Crippen molar-refractivity contribution in [2.45, 2.75) is 31.2 Å². The molecule has 0 amide bonds. The van der Waals surface area contributed by atoms with Crippen LogP contribution in [0.5, 0.6) is 5.75 Å². The summed E-state index contributed by atoms with van der Waals surface area (Å²) in [5.74, 6) is 0.859. The Hall–Kier alpha value is -3.64. The van der Waals surface area contributed by atoms with Crippen molar-refractivity contribution in [3.63, 3.8) is 0 Å². The lowest BCUT2D eigenvalue weighted by Crippen LogP contribution is -2.10. The van der Waals surface area contributed by atoms with Crippen LogP contribution in [-0.2, 0) is 20.6 Å². The summed E-state index contributed by atoms with van der Waals surface area (Å²) in [6, 6.07) is 34.7. The third-order valence-corrected chi connectivity index (χ3v) is 7.36. The zero-order valence-electron chi connectivity index (χ0n) is 21.3. The van der Waals surface area contributed by atoms with Crippen LogP contribution in [0.3, 0.4) is 0 Å². The van der Waals surface area contributed by atoms with E-state index in [2.05, 4.69) is 89.8 Å². The minimum Gasteiger partial charge on any atom is -0.491 e.